The standard InChI is InChI=1S/C16H16N6OS/c1-16(2,3)12-4-10(6-18-8-12)9-24-14-20-13-11(5-17)7-19-22(13)15(23)21-14/h4,6-8H,9H2,1-3H3,(H,20,21,23). The number of nitrogens with one attached hydrogen (secondary N) is 1. The van der Waals surface area contributed by atoms with Crippen molar-refractivity contribution in [2.24, 2.45) is 0 Å². The molecule has 0 amide bonds. The number of nitrogens with zero attached hydrogens (tertiary/aromatic N) is 5. The van der Waals surface area contributed by atoms with E-state index in [4.69, 9.17) is 5.26 Å². The number of pyridine rings is 1. The second-order valence-corrected chi connectivity index (χ2v) is 7.34. The summed E-state index contributed by atoms with van der Waals surface area (Å²) in [7, 11) is 0. The fourth-order valence-electron chi connectivity index (χ4n) is 2.14. The van der Waals surface area contributed by atoms with Gasteiger partial charge in [-0.2, -0.15) is 14.9 Å². The second kappa shape index (κ2) is 6.09. The number of thioether (sulfide) groups is 1. The van der Waals surface area contributed by atoms with E-state index in [9.17, 15) is 4.79 Å². The first-order valence-corrected chi connectivity index (χ1v) is 8.32. The summed E-state index contributed by atoms with van der Waals surface area (Å²) in [5.41, 5.74) is 2.36. The number of aromatic amines is 1. The average molecular weight is 340 g/mol. The van der Waals surface area contributed by atoms with E-state index in [1.807, 2.05) is 12.3 Å². The third kappa shape index (κ3) is 3.16. The summed E-state index contributed by atoms with van der Waals surface area (Å²) in [6, 6.07) is 4.09. The van der Waals surface area contributed by atoms with Gasteiger partial charge in [0.15, 0.2) is 10.8 Å². The molecule has 0 fully saturated rings. The minimum Gasteiger partial charge on any atom is -0.285 e. The van der Waals surface area contributed by atoms with Crippen molar-refractivity contribution in [1.82, 2.24) is 24.6 Å². The Morgan fingerprint density at radius 3 is 2.83 bits per heavy atom. The molecule has 0 aliphatic heterocycles. The Balaban J connectivity index is 1.86. The lowest BCUT2D eigenvalue weighted by Gasteiger charge is -2.18. The number of aromatic nitrogens is 5. The van der Waals surface area contributed by atoms with E-state index < -0.39 is 5.69 Å². The molecule has 0 aliphatic rings. The molecule has 122 valence electrons. The van der Waals surface area contributed by atoms with E-state index in [0.717, 1.165) is 15.6 Å². The number of hydrogen-bond acceptors (Lipinski definition) is 6. The number of hydrogen-bond donors (Lipinski definition) is 1. The third-order valence-electron chi connectivity index (χ3n) is 3.51. The van der Waals surface area contributed by atoms with Crippen LogP contribution in [-0.2, 0) is 11.2 Å². The molecule has 0 atom stereocenters. The maximum Gasteiger partial charge on any atom is 0.350 e. The average Bonchev–Trinajstić information content (AvgIpc) is 2.96. The Morgan fingerprint density at radius 2 is 2.12 bits per heavy atom. The molecule has 0 saturated carbocycles. The van der Waals surface area contributed by atoms with Gasteiger partial charge in [-0.25, -0.2) is 9.78 Å². The summed E-state index contributed by atoms with van der Waals surface area (Å²) >= 11 is 1.39. The zero-order chi connectivity index (χ0) is 17.3. The van der Waals surface area contributed by atoms with Gasteiger partial charge in [-0.3, -0.25) is 9.97 Å². The molecule has 24 heavy (non-hydrogen) atoms. The molecule has 0 spiro atoms. The van der Waals surface area contributed by atoms with E-state index in [-0.39, 0.29) is 16.6 Å². The monoisotopic (exact) mass is 340 g/mol. The minimum atomic E-state index is -0.412. The summed E-state index contributed by atoms with van der Waals surface area (Å²) in [5, 5.41) is 13.4. The molecule has 0 saturated heterocycles. The molecule has 3 rings (SSSR count). The van der Waals surface area contributed by atoms with Crippen LogP contribution in [0.5, 0.6) is 0 Å². The SMILES string of the molecule is CC(C)(C)c1cncc(CSc2nc3c(C#N)cnn3c(=O)[nH]2)c1. The van der Waals surface area contributed by atoms with Gasteiger partial charge >= 0.3 is 5.69 Å². The quantitative estimate of drug-likeness (QED) is 0.734. The first-order valence-electron chi connectivity index (χ1n) is 7.34. The highest BCUT2D eigenvalue weighted by Crippen LogP contribution is 2.24. The summed E-state index contributed by atoms with van der Waals surface area (Å²) in [6.07, 6.45) is 5.01. The van der Waals surface area contributed by atoms with Crippen LogP contribution in [0.3, 0.4) is 0 Å². The van der Waals surface area contributed by atoms with Crippen LogP contribution >= 0.6 is 11.8 Å². The van der Waals surface area contributed by atoms with Crippen molar-refractivity contribution in [3.63, 3.8) is 0 Å². The first kappa shape index (κ1) is 16.2. The molecule has 3 aromatic heterocycles. The number of fused-ring (bicyclic) bond motifs is 1. The maximum atomic E-state index is 12.0. The van der Waals surface area contributed by atoms with Crippen LogP contribution in [0.1, 0.15) is 37.5 Å². The summed E-state index contributed by atoms with van der Waals surface area (Å²) in [5.74, 6) is 0.617. The molecular weight excluding hydrogens is 324 g/mol. The van der Waals surface area contributed by atoms with Crippen LogP contribution in [0, 0.1) is 11.3 Å². The van der Waals surface area contributed by atoms with E-state index in [2.05, 4.69) is 46.9 Å². The zero-order valence-electron chi connectivity index (χ0n) is 13.6. The first-order chi connectivity index (χ1) is 11.4. The lowest BCUT2D eigenvalue weighted by atomic mass is 9.88. The van der Waals surface area contributed by atoms with Crippen LogP contribution < -0.4 is 5.69 Å². The highest BCUT2D eigenvalue weighted by molar-refractivity contribution is 7.98. The number of H-pyrrole nitrogens is 1. The van der Waals surface area contributed by atoms with Crippen molar-refractivity contribution in [1.29, 1.82) is 5.26 Å². The Labute approximate surface area is 142 Å². The molecule has 0 radical (unpaired) electrons. The van der Waals surface area contributed by atoms with Crippen LogP contribution in [0.25, 0.3) is 5.65 Å². The number of rotatable bonds is 3. The highest BCUT2D eigenvalue weighted by Gasteiger charge is 2.15. The molecule has 0 unspecified atom stereocenters. The molecule has 0 aromatic carbocycles. The molecule has 3 heterocycles. The van der Waals surface area contributed by atoms with E-state index in [1.165, 1.54) is 18.0 Å². The smallest absolute Gasteiger partial charge is 0.285 e. The maximum absolute atomic E-state index is 12.0. The van der Waals surface area contributed by atoms with Crippen molar-refractivity contribution in [3.05, 3.63) is 51.8 Å². The van der Waals surface area contributed by atoms with Gasteiger partial charge in [0, 0.05) is 18.1 Å². The van der Waals surface area contributed by atoms with Gasteiger partial charge in [-0.1, -0.05) is 38.6 Å². The van der Waals surface area contributed by atoms with Crippen LogP contribution in [0.15, 0.2) is 34.6 Å². The zero-order valence-corrected chi connectivity index (χ0v) is 14.4. The predicted octanol–water partition coefficient (Wildman–Crippen LogP) is 2.27. The van der Waals surface area contributed by atoms with Crippen molar-refractivity contribution in [2.45, 2.75) is 37.1 Å². The fraction of sp³-hybridized carbons (Fsp3) is 0.312. The molecular formula is C16H16N6OS. The summed E-state index contributed by atoms with van der Waals surface area (Å²) < 4.78 is 1.09. The van der Waals surface area contributed by atoms with Crippen molar-refractivity contribution < 1.29 is 0 Å². The van der Waals surface area contributed by atoms with Gasteiger partial charge in [0.05, 0.1) is 6.20 Å². The fourth-order valence-corrected chi connectivity index (χ4v) is 2.91. The highest BCUT2D eigenvalue weighted by atomic mass is 32.2. The summed E-state index contributed by atoms with van der Waals surface area (Å²) in [4.78, 5) is 23.3. The predicted molar refractivity (Wildman–Crippen MR) is 90.8 cm³/mol. The van der Waals surface area contributed by atoms with Crippen LogP contribution in [0.2, 0.25) is 0 Å². The Morgan fingerprint density at radius 1 is 1.33 bits per heavy atom. The molecule has 0 bridgehead atoms. The molecule has 1 N–H and O–H groups in total. The third-order valence-corrected chi connectivity index (χ3v) is 4.46. The second-order valence-electron chi connectivity index (χ2n) is 6.37. The Kier molecular flexibility index (Phi) is 4.11. The van der Waals surface area contributed by atoms with Gasteiger partial charge in [-0.15, -0.1) is 0 Å². The topological polar surface area (TPSA) is 99.7 Å². The minimum absolute atomic E-state index is 0.0262. The lowest BCUT2D eigenvalue weighted by molar-refractivity contribution is 0.586. The molecule has 3 aromatic rings. The van der Waals surface area contributed by atoms with Gasteiger partial charge in [0.2, 0.25) is 0 Å². The molecule has 0 aliphatic carbocycles. The van der Waals surface area contributed by atoms with E-state index in [0.29, 0.717) is 10.9 Å². The van der Waals surface area contributed by atoms with Crippen molar-refractivity contribution in [3.8, 4) is 6.07 Å². The van der Waals surface area contributed by atoms with Gasteiger partial charge in [0.25, 0.3) is 0 Å². The van der Waals surface area contributed by atoms with Gasteiger partial charge in [-0.05, 0) is 16.5 Å². The van der Waals surface area contributed by atoms with Gasteiger partial charge in [0.1, 0.15) is 11.6 Å². The van der Waals surface area contributed by atoms with E-state index >= 15 is 0 Å². The Hall–Kier alpha value is -2.66. The lowest BCUT2D eigenvalue weighted by Crippen LogP contribution is -2.19. The van der Waals surface area contributed by atoms with Gasteiger partial charge < -0.3 is 0 Å². The van der Waals surface area contributed by atoms with Crippen molar-refractivity contribution >= 4 is 17.4 Å². The van der Waals surface area contributed by atoms with Crippen molar-refractivity contribution in [2.75, 3.05) is 0 Å². The largest absolute Gasteiger partial charge is 0.350 e. The van der Waals surface area contributed by atoms with Crippen LogP contribution in [0.4, 0.5) is 0 Å². The Bertz CT molecular complexity index is 992. The molecule has 8 heteroatoms. The number of nitriles is 1. The van der Waals surface area contributed by atoms with Crippen LogP contribution in [-0.4, -0.2) is 24.6 Å². The van der Waals surface area contributed by atoms with E-state index in [1.54, 1.807) is 6.20 Å². The summed E-state index contributed by atoms with van der Waals surface area (Å²) in [6.45, 7) is 6.41. The molecule has 7 nitrogen and oxygen atoms in total. The normalized spacial score (nSPS) is 11.6.